The largest absolute Gasteiger partial charge is 0.493 e. The summed E-state index contributed by atoms with van der Waals surface area (Å²) in [6.45, 7) is 0. The van der Waals surface area contributed by atoms with E-state index in [1.807, 2.05) is 4.98 Å². The lowest BCUT2D eigenvalue weighted by Gasteiger charge is -2.08. The highest BCUT2D eigenvalue weighted by atomic mass is 19.4. The van der Waals surface area contributed by atoms with Gasteiger partial charge in [-0.3, -0.25) is 4.79 Å². The Labute approximate surface area is 105 Å². The first kappa shape index (κ1) is 13.1. The number of aromatic amines is 1. The maximum Gasteiger partial charge on any atom is 0.396 e. The van der Waals surface area contributed by atoms with E-state index >= 15 is 0 Å². The number of aromatic nitrogens is 2. The first-order chi connectivity index (χ1) is 8.87. The number of hydrogen-bond acceptors (Lipinski definition) is 3. The van der Waals surface area contributed by atoms with Crippen molar-refractivity contribution in [3.05, 3.63) is 46.5 Å². The molecule has 0 aliphatic carbocycles. The minimum absolute atomic E-state index is 0.147. The van der Waals surface area contributed by atoms with Crippen LogP contribution in [0.1, 0.15) is 5.82 Å². The van der Waals surface area contributed by atoms with Gasteiger partial charge in [0.15, 0.2) is 0 Å². The monoisotopic (exact) mass is 270 g/mol. The van der Waals surface area contributed by atoms with Crippen LogP contribution in [0.25, 0.3) is 11.1 Å². The molecule has 2 N–H and O–H groups in total. The lowest BCUT2D eigenvalue weighted by molar-refractivity contribution is -0.128. The van der Waals surface area contributed by atoms with Gasteiger partial charge in [-0.1, -0.05) is 30.3 Å². The molecular weight excluding hydrogens is 261 g/mol. The number of nitrogens with zero attached hydrogens (tertiary/aromatic N) is 1. The zero-order valence-electron chi connectivity index (χ0n) is 9.53. The van der Waals surface area contributed by atoms with E-state index in [2.05, 4.69) is 4.98 Å². The van der Waals surface area contributed by atoms with Crippen molar-refractivity contribution in [1.82, 2.24) is 9.97 Å². The molecule has 100 valence electrons. The predicted molar refractivity (Wildman–Crippen MR) is 61.7 cm³/mol. The maximum atomic E-state index is 12.2. The van der Waals surface area contributed by atoms with Crippen molar-refractivity contribution in [2.24, 2.45) is 0 Å². The molecule has 0 aliphatic heterocycles. The van der Waals surface area contributed by atoms with E-state index < -0.39 is 29.9 Å². The Morgan fingerprint density at radius 1 is 1.21 bits per heavy atom. The fraction of sp³-hybridized carbons (Fsp3) is 0.167. The third-order valence-corrected chi connectivity index (χ3v) is 2.38. The Hall–Kier alpha value is -2.31. The van der Waals surface area contributed by atoms with Crippen molar-refractivity contribution >= 4 is 0 Å². The van der Waals surface area contributed by atoms with E-state index in [1.165, 1.54) is 0 Å². The van der Waals surface area contributed by atoms with Gasteiger partial charge in [-0.15, -0.1) is 0 Å². The molecule has 0 amide bonds. The molecule has 1 aromatic carbocycles. The van der Waals surface area contributed by atoms with Gasteiger partial charge in [0.25, 0.3) is 5.56 Å². The maximum absolute atomic E-state index is 12.2. The summed E-state index contributed by atoms with van der Waals surface area (Å²) in [5.74, 6) is -1.33. The number of nitrogens with one attached hydrogen (secondary N) is 1. The van der Waals surface area contributed by atoms with Crippen LogP contribution in [0.3, 0.4) is 0 Å². The molecule has 2 aromatic rings. The van der Waals surface area contributed by atoms with E-state index in [1.54, 1.807) is 30.3 Å². The van der Waals surface area contributed by atoms with Gasteiger partial charge in [-0.05, 0) is 5.56 Å². The number of aromatic hydroxyl groups is 1. The summed E-state index contributed by atoms with van der Waals surface area (Å²) < 4.78 is 36.6. The summed E-state index contributed by atoms with van der Waals surface area (Å²) in [6, 6.07) is 8.08. The second-order valence-corrected chi connectivity index (χ2v) is 3.87. The number of hydrogen-bond donors (Lipinski definition) is 2. The SMILES string of the molecule is O=c1[nH]c(CC(F)(F)F)nc(O)c1-c1ccccc1. The van der Waals surface area contributed by atoms with Crippen molar-refractivity contribution in [3.63, 3.8) is 0 Å². The van der Waals surface area contributed by atoms with Gasteiger partial charge in [0.2, 0.25) is 5.88 Å². The van der Waals surface area contributed by atoms with Gasteiger partial charge in [0.1, 0.15) is 17.8 Å². The molecule has 0 aliphatic rings. The van der Waals surface area contributed by atoms with Gasteiger partial charge in [0, 0.05) is 0 Å². The average Bonchev–Trinajstić information content (AvgIpc) is 2.27. The summed E-state index contributed by atoms with van der Waals surface area (Å²) in [7, 11) is 0. The number of H-pyrrole nitrogens is 1. The molecule has 0 spiro atoms. The first-order valence-corrected chi connectivity index (χ1v) is 5.31. The number of rotatable bonds is 2. The van der Waals surface area contributed by atoms with Crippen LogP contribution in [-0.2, 0) is 6.42 Å². The normalized spacial score (nSPS) is 11.5. The highest BCUT2D eigenvalue weighted by Gasteiger charge is 2.29. The van der Waals surface area contributed by atoms with Crippen LogP contribution < -0.4 is 5.56 Å². The fourth-order valence-electron chi connectivity index (χ4n) is 1.65. The van der Waals surface area contributed by atoms with Crippen molar-refractivity contribution in [2.45, 2.75) is 12.6 Å². The summed E-state index contributed by atoms with van der Waals surface area (Å²) in [6.07, 6.45) is -5.90. The lowest BCUT2D eigenvalue weighted by Crippen LogP contribution is -2.20. The summed E-state index contributed by atoms with van der Waals surface area (Å²) in [4.78, 5) is 17.1. The predicted octanol–water partition coefficient (Wildman–Crippen LogP) is 2.25. The van der Waals surface area contributed by atoms with Crippen molar-refractivity contribution in [1.29, 1.82) is 0 Å². The third kappa shape index (κ3) is 3.12. The molecule has 0 saturated heterocycles. The zero-order valence-corrected chi connectivity index (χ0v) is 9.53. The van der Waals surface area contributed by atoms with Crippen LogP contribution in [-0.4, -0.2) is 21.3 Å². The zero-order chi connectivity index (χ0) is 14.0. The van der Waals surface area contributed by atoms with Crippen molar-refractivity contribution in [2.75, 3.05) is 0 Å². The number of benzene rings is 1. The lowest BCUT2D eigenvalue weighted by atomic mass is 10.1. The highest BCUT2D eigenvalue weighted by Crippen LogP contribution is 2.24. The second-order valence-electron chi connectivity index (χ2n) is 3.87. The fourth-order valence-corrected chi connectivity index (χ4v) is 1.65. The minimum atomic E-state index is -4.50. The van der Waals surface area contributed by atoms with E-state index in [0.29, 0.717) is 5.56 Å². The molecule has 0 atom stereocenters. The Morgan fingerprint density at radius 3 is 2.37 bits per heavy atom. The molecule has 0 radical (unpaired) electrons. The molecule has 2 rings (SSSR count). The molecule has 0 saturated carbocycles. The second kappa shape index (κ2) is 4.75. The molecular formula is C12H9F3N2O2. The topological polar surface area (TPSA) is 66.0 Å². The van der Waals surface area contributed by atoms with Gasteiger partial charge in [-0.2, -0.15) is 18.2 Å². The van der Waals surface area contributed by atoms with Crippen LogP contribution in [0.5, 0.6) is 5.88 Å². The molecule has 0 fully saturated rings. The Morgan fingerprint density at radius 2 is 1.84 bits per heavy atom. The molecule has 0 unspecified atom stereocenters. The molecule has 1 heterocycles. The van der Waals surface area contributed by atoms with Crippen LogP contribution in [0.2, 0.25) is 0 Å². The quantitative estimate of drug-likeness (QED) is 0.879. The summed E-state index contributed by atoms with van der Waals surface area (Å²) in [5.41, 5.74) is -0.572. The van der Waals surface area contributed by atoms with Crippen molar-refractivity contribution in [3.8, 4) is 17.0 Å². The van der Waals surface area contributed by atoms with Crippen LogP contribution in [0.15, 0.2) is 35.1 Å². The third-order valence-electron chi connectivity index (χ3n) is 2.38. The average molecular weight is 270 g/mol. The van der Waals surface area contributed by atoms with Crippen LogP contribution in [0.4, 0.5) is 13.2 Å². The Balaban J connectivity index is 2.47. The highest BCUT2D eigenvalue weighted by molar-refractivity contribution is 5.66. The first-order valence-electron chi connectivity index (χ1n) is 5.31. The summed E-state index contributed by atoms with van der Waals surface area (Å²) in [5, 5.41) is 9.62. The number of halogens is 3. The van der Waals surface area contributed by atoms with Gasteiger partial charge < -0.3 is 10.1 Å². The van der Waals surface area contributed by atoms with E-state index in [-0.39, 0.29) is 5.56 Å². The smallest absolute Gasteiger partial charge is 0.396 e. The molecule has 1 aromatic heterocycles. The molecule has 7 heteroatoms. The molecule has 0 bridgehead atoms. The van der Waals surface area contributed by atoms with Crippen LogP contribution in [0, 0.1) is 0 Å². The van der Waals surface area contributed by atoms with Gasteiger partial charge >= 0.3 is 6.18 Å². The Bertz CT molecular complexity index is 636. The standard InChI is InChI=1S/C12H9F3N2O2/c13-12(14,15)6-8-16-10(18)9(11(19)17-8)7-4-2-1-3-5-7/h1-5H,6H2,(H2,16,17,18,19). The number of alkyl halides is 3. The van der Waals surface area contributed by atoms with Gasteiger partial charge in [0.05, 0.1) is 0 Å². The Kier molecular flexibility index (Phi) is 3.28. The van der Waals surface area contributed by atoms with Crippen molar-refractivity contribution < 1.29 is 18.3 Å². The minimum Gasteiger partial charge on any atom is -0.493 e. The van der Waals surface area contributed by atoms with E-state index in [9.17, 15) is 23.1 Å². The van der Waals surface area contributed by atoms with E-state index in [4.69, 9.17) is 0 Å². The molecule has 19 heavy (non-hydrogen) atoms. The van der Waals surface area contributed by atoms with Gasteiger partial charge in [-0.25, -0.2) is 0 Å². The van der Waals surface area contributed by atoms with Crippen LogP contribution >= 0.6 is 0 Å². The molecule has 4 nitrogen and oxygen atoms in total. The summed E-state index contributed by atoms with van der Waals surface area (Å²) >= 11 is 0. The van der Waals surface area contributed by atoms with E-state index in [0.717, 1.165) is 0 Å².